The fourth-order valence-corrected chi connectivity index (χ4v) is 11.8. The maximum Gasteiger partial charge on any atom is 0.306 e. The summed E-state index contributed by atoms with van der Waals surface area (Å²) in [5, 5.41) is 36.1. The normalized spacial score (nSPS) is 26.8. The topological polar surface area (TPSA) is 339 Å². The number of aliphatic carboxylic acids is 1. The van der Waals surface area contributed by atoms with E-state index in [1.807, 2.05) is 20.8 Å². The lowest BCUT2D eigenvalue weighted by molar-refractivity contribution is -0.203. The summed E-state index contributed by atoms with van der Waals surface area (Å²) in [5.74, 6) is -7.49. The van der Waals surface area contributed by atoms with Crippen molar-refractivity contribution in [3.63, 3.8) is 0 Å². The average Bonchev–Trinajstić information content (AvgIpc) is 3.60. The summed E-state index contributed by atoms with van der Waals surface area (Å²) in [6.45, 7) is 8.75. The molecular weight excluding hydrogens is 1100 g/mol. The first-order chi connectivity index (χ1) is 36.5. The third-order valence-electron chi connectivity index (χ3n) is 15.0. The van der Waals surface area contributed by atoms with Crippen LogP contribution in [0.2, 0.25) is 0 Å². The number of nitrogens with one attached hydrogen (secondary N) is 6. The first-order valence-corrected chi connectivity index (χ1v) is 27.4. The van der Waals surface area contributed by atoms with Crippen molar-refractivity contribution in [1.29, 1.82) is 0 Å². The van der Waals surface area contributed by atoms with Gasteiger partial charge in [0.15, 0.2) is 11.4 Å². The Morgan fingerprint density at radius 2 is 1.42 bits per heavy atom. The smallest absolute Gasteiger partial charge is 0.306 e. The van der Waals surface area contributed by atoms with Gasteiger partial charge in [-0.05, 0) is 63.0 Å². The molecule has 24 nitrogen and oxygen atoms in total. The zero-order valence-corrected chi connectivity index (χ0v) is 46.8. The van der Waals surface area contributed by atoms with Crippen LogP contribution in [0.25, 0.3) is 0 Å². The molecule has 0 spiro atoms. The molecule has 1 unspecified atom stereocenters. The average molecular weight is 1180 g/mol. The minimum atomic E-state index is -1.71. The number of rotatable bonds is 34. The van der Waals surface area contributed by atoms with Crippen molar-refractivity contribution in [2.24, 2.45) is 28.6 Å². The van der Waals surface area contributed by atoms with Gasteiger partial charge < -0.3 is 70.5 Å². The van der Waals surface area contributed by atoms with Crippen LogP contribution in [0.1, 0.15) is 86.0 Å². The van der Waals surface area contributed by atoms with Gasteiger partial charge in [-0.3, -0.25) is 47.9 Å². The van der Waals surface area contributed by atoms with Crippen LogP contribution in [-0.4, -0.2) is 189 Å². The van der Waals surface area contributed by atoms with Crippen molar-refractivity contribution in [1.82, 2.24) is 31.9 Å². The van der Waals surface area contributed by atoms with E-state index in [1.165, 1.54) is 13.0 Å². The Morgan fingerprint density at radius 3 is 2.05 bits per heavy atom. The number of alkyl halides is 2. The van der Waals surface area contributed by atoms with Gasteiger partial charge in [0, 0.05) is 42.6 Å². The molecule has 0 aliphatic heterocycles. The van der Waals surface area contributed by atoms with Gasteiger partial charge in [-0.2, -0.15) is 0 Å². The number of carbonyl (C=O) groups is 10. The summed E-state index contributed by atoms with van der Waals surface area (Å²) < 4.78 is 33.3. The maximum absolute atomic E-state index is 14.5. The predicted octanol–water partition coefficient (Wildman–Crippen LogP) is 0.278. The van der Waals surface area contributed by atoms with Crippen LogP contribution in [-0.2, 0) is 76.4 Å². The van der Waals surface area contributed by atoms with Crippen LogP contribution in [0.3, 0.4) is 0 Å². The molecule has 432 valence electrons. The number of aliphatic hydroxyl groups is 1. The summed E-state index contributed by atoms with van der Waals surface area (Å²) in [6.07, 6.45) is 4.33. The lowest BCUT2D eigenvalue weighted by atomic mass is 9.45. The lowest BCUT2D eigenvalue weighted by Crippen LogP contribution is -2.69. The zero-order chi connectivity index (χ0) is 57.0. The molecule has 26 heteroatoms. The highest BCUT2D eigenvalue weighted by atomic mass is 79.9. The third kappa shape index (κ3) is 16.8. The van der Waals surface area contributed by atoms with Crippen LogP contribution in [0.4, 0.5) is 0 Å². The van der Waals surface area contributed by atoms with E-state index < -0.39 is 126 Å². The van der Waals surface area contributed by atoms with Gasteiger partial charge in [0.05, 0.1) is 82.3 Å². The van der Waals surface area contributed by atoms with Gasteiger partial charge >= 0.3 is 11.9 Å². The number of hydrogen-bond donors (Lipinski definition) is 8. The number of allylic oxidation sites excluding steroid dienone is 4. The van der Waals surface area contributed by atoms with Gasteiger partial charge in [0.2, 0.25) is 41.2 Å². The van der Waals surface area contributed by atoms with E-state index in [0.29, 0.717) is 58.8 Å². The van der Waals surface area contributed by atoms with Crippen LogP contribution in [0.5, 0.6) is 0 Å². The minimum Gasteiger partial charge on any atom is -0.481 e. The Hall–Kier alpha value is -4.89. The molecular formula is C51H76BrClN6O18. The monoisotopic (exact) mass is 1170 g/mol. The van der Waals surface area contributed by atoms with E-state index in [2.05, 4.69) is 47.8 Å². The molecule has 0 radical (unpaired) electrons. The van der Waals surface area contributed by atoms with Gasteiger partial charge in [-0.25, -0.2) is 0 Å². The third-order valence-corrected chi connectivity index (χ3v) is 16.4. The SMILES string of the molecule is CCC(=O)O[C@]1(C(=O)COCNC(=O)CNC(=O)CNC(=O)[C@H](C)NC(=O)[C@H](CCC(=O)O)NC(=O)CCOCCOCCOCCOCCNC(=O)CBr)[C@@H](C)CC2[C@@H]3CCC4=CC(=O)C=C[C@]4(C)[C@@]3(Cl)[C@@H](O)C[C@@]21C. The van der Waals surface area contributed by atoms with Crippen molar-refractivity contribution in [2.75, 3.05) is 91.2 Å². The number of aliphatic hydroxyl groups excluding tert-OH is 1. The van der Waals surface area contributed by atoms with Crippen molar-refractivity contribution in [2.45, 2.75) is 115 Å². The van der Waals surface area contributed by atoms with E-state index in [0.717, 1.165) is 5.57 Å². The number of carboxylic acid groups (broad SMARTS) is 1. The number of fused-ring (bicyclic) bond motifs is 5. The molecule has 8 N–H and O–H groups in total. The second kappa shape index (κ2) is 30.5. The molecule has 0 aromatic rings. The fourth-order valence-electron chi connectivity index (χ4n) is 11.1. The summed E-state index contributed by atoms with van der Waals surface area (Å²) >= 11 is 10.6. The van der Waals surface area contributed by atoms with E-state index in [-0.39, 0.29) is 74.4 Å². The number of carboxylic acids is 1. The van der Waals surface area contributed by atoms with Crippen molar-refractivity contribution in [3.05, 3.63) is 23.8 Å². The first-order valence-electron chi connectivity index (χ1n) is 25.9. The van der Waals surface area contributed by atoms with E-state index in [4.69, 9.17) is 40.0 Å². The second-order valence-corrected chi connectivity index (χ2v) is 21.1. The van der Waals surface area contributed by atoms with Gasteiger partial charge in [-0.15, -0.1) is 11.6 Å². The van der Waals surface area contributed by atoms with E-state index in [9.17, 15) is 58.2 Å². The van der Waals surface area contributed by atoms with E-state index >= 15 is 0 Å². The number of Topliss-reactive ketones (excluding diaryl/α,β-unsaturated/α-hetero) is 1. The number of hydrogen-bond acceptors (Lipinski definition) is 17. The molecule has 4 aliphatic carbocycles. The lowest BCUT2D eigenvalue weighted by Gasteiger charge is -2.64. The number of ether oxygens (including phenoxy) is 6. The Bertz CT molecular complexity index is 2200. The Balaban J connectivity index is 1.15. The van der Waals surface area contributed by atoms with E-state index in [1.54, 1.807) is 19.1 Å². The molecule has 0 aromatic carbocycles. The Morgan fingerprint density at radius 1 is 0.792 bits per heavy atom. The van der Waals surface area contributed by atoms with Crippen LogP contribution in [0, 0.1) is 28.6 Å². The molecule has 0 bridgehead atoms. The standard InChI is InChI=1S/C51H76BrClN6O18/c1-6-45(69)77-51(31(2)23-36-35-8-7-33-24-34(60)11-13-48(33,4)50(35,53)38(61)25-49(36,51)5)39(62)29-76-30-57-43(66)27-55-42(65)28-56-46(70)32(3)58-47(71)37(9-10-44(67)68)59-40(63)12-15-72-17-19-74-21-22-75-20-18-73-16-14-54-41(64)26-52/h11,13,24,31-32,35-38,61H,6-10,12,14-23,25-30H2,1-5H3,(H,54,64)(H,55,65)(H,56,70)(H,57,66)(H,58,71)(H,59,63)(H,67,68)/t31-,32-,35-,36?,37-,38-,48-,49-,50-,51-/m0/s1. The molecule has 3 saturated carbocycles. The van der Waals surface area contributed by atoms with Gasteiger partial charge in [0.1, 0.15) is 25.4 Å². The molecule has 3 fully saturated rings. The number of ketones is 2. The fraction of sp³-hybridized carbons (Fsp3) is 0.725. The Kier molecular flexibility index (Phi) is 25.6. The van der Waals surface area contributed by atoms with Crippen molar-refractivity contribution >= 4 is 86.5 Å². The highest BCUT2D eigenvalue weighted by molar-refractivity contribution is 9.09. The summed E-state index contributed by atoms with van der Waals surface area (Å²) in [6, 6.07) is -2.55. The zero-order valence-electron chi connectivity index (χ0n) is 44.4. The number of esters is 1. The molecule has 0 saturated heterocycles. The summed E-state index contributed by atoms with van der Waals surface area (Å²) in [4.78, 5) is 125. The number of halogens is 2. The van der Waals surface area contributed by atoms with Crippen LogP contribution < -0.4 is 31.9 Å². The largest absolute Gasteiger partial charge is 0.481 e. The van der Waals surface area contributed by atoms with Crippen molar-refractivity contribution in [3.8, 4) is 0 Å². The molecule has 4 rings (SSSR count). The van der Waals surface area contributed by atoms with Gasteiger partial charge in [-0.1, -0.05) is 55.3 Å². The predicted molar refractivity (Wildman–Crippen MR) is 278 cm³/mol. The molecule has 10 atom stereocenters. The maximum atomic E-state index is 14.5. The minimum absolute atomic E-state index is 0.0164. The van der Waals surface area contributed by atoms with Crippen molar-refractivity contribution < 1.29 is 86.6 Å². The quantitative estimate of drug-likeness (QED) is 0.0186. The highest BCUT2D eigenvalue weighted by Crippen LogP contribution is 2.72. The van der Waals surface area contributed by atoms with Crippen LogP contribution >= 0.6 is 27.5 Å². The summed E-state index contributed by atoms with van der Waals surface area (Å²) in [7, 11) is 0. The molecule has 4 aliphatic rings. The number of carbonyl (C=O) groups excluding carboxylic acids is 9. The van der Waals surface area contributed by atoms with Crippen LogP contribution in [0.15, 0.2) is 23.8 Å². The number of amides is 6. The highest BCUT2D eigenvalue weighted by Gasteiger charge is 2.76. The first kappa shape index (κ1) is 64.6. The molecule has 0 aromatic heterocycles. The molecule has 6 amide bonds. The summed E-state index contributed by atoms with van der Waals surface area (Å²) in [5.41, 5.74) is -2.76. The van der Waals surface area contributed by atoms with Gasteiger partial charge in [0.25, 0.3) is 0 Å². The second-order valence-electron chi connectivity index (χ2n) is 19.9. The Labute approximate surface area is 461 Å². The molecule has 0 heterocycles. The molecule has 77 heavy (non-hydrogen) atoms.